The van der Waals surface area contributed by atoms with Crippen molar-refractivity contribution in [1.82, 2.24) is 9.97 Å². The molecule has 0 saturated heterocycles. The molecule has 0 spiro atoms. The average Bonchev–Trinajstić information content (AvgIpc) is 3.13. The molecule has 6 heteroatoms. The Hall–Kier alpha value is -5.29. The van der Waals surface area contributed by atoms with E-state index in [0.717, 1.165) is 78.6 Å². The van der Waals surface area contributed by atoms with E-state index in [1.165, 1.54) is 16.7 Å². The summed E-state index contributed by atoms with van der Waals surface area (Å²) in [6.07, 6.45) is 3.86. The van der Waals surface area contributed by atoms with Gasteiger partial charge in [0, 0.05) is 49.6 Å². The summed E-state index contributed by atoms with van der Waals surface area (Å²) in [6.45, 7) is 8.40. The number of aryl methyl sites for hydroxylation is 4. The first kappa shape index (κ1) is 33.2. The summed E-state index contributed by atoms with van der Waals surface area (Å²) in [7, 11) is 0. The number of hydrogen-bond acceptors (Lipinski definition) is 4. The molecule has 0 saturated carbocycles. The van der Waals surface area contributed by atoms with Crippen LogP contribution in [-0.2, 0) is 20.1 Å². The van der Waals surface area contributed by atoms with Crippen LogP contribution in [0, 0.1) is 39.8 Å². The van der Waals surface area contributed by atoms with Gasteiger partial charge in [-0.1, -0.05) is 102 Å². The molecule has 0 aliphatic carbocycles. The summed E-state index contributed by atoms with van der Waals surface area (Å²) in [5.74, 6) is 3.30. The van der Waals surface area contributed by atoms with Crippen molar-refractivity contribution in [3.8, 4) is 56.6 Å². The minimum Gasteiger partial charge on any atom is -0.503 e. The van der Waals surface area contributed by atoms with E-state index in [1.807, 2.05) is 67.0 Å². The molecule has 5 aromatic carbocycles. The number of nitrogens with zero attached hydrogens (tertiary/aromatic N) is 2. The van der Waals surface area contributed by atoms with Crippen LogP contribution in [-0.4, -0.2) is 16.7 Å². The van der Waals surface area contributed by atoms with Gasteiger partial charge in [-0.25, -0.2) is 0 Å². The second kappa shape index (κ2) is 13.9. The van der Waals surface area contributed by atoms with Crippen molar-refractivity contribution in [2.45, 2.75) is 27.7 Å². The van der Waals surface area contributed by atoms with Crippen LogP contribution >= 0.6 is 0 Å². The molecule has 0 fully saturated rings. The Morgan fingerprint density at radius 2 is 1.24 bits per heavy atom. The van der Waals surface area contributed by atoms with Gasteiger partial charge in [0.2, 0.25) is 6.71 Å². The Morgan fingerprint density at radius 1 is 0.580 bits per heavy atom. The van der Waals surface area contributed by atoms with Crippen molar-refractivity contribution in [3.05, 3.63) is 162 Å². The van der Waals surface area contributed by atoms with Gasteiger partial charge in [0.05, 0.1) is 0 Å². The van der Waals surface area contributed by atoms with Crippen LogP contribution in [0.5, 0.6) is 23.0 Å². The minimum absolute atomic E-state index is 0. The molecule has 9 rings (SSSR count). The number of pyridine rings is 2. The maximum Gasteiger partial charge on any atom is 0.239 e. The molecule has 245 valence electrons. The van der Waals surface area contributed by atoms with E-state index >= 15 is 0 Å². The SMILES string of the molecule is Cc1c[c-]c(-c2cc(C)c(C)cn2)cc1.Cc1cc(-c2[c-]cc3c4c2Oc2ccccc2B4c2ccccc2O3)ncc1-c1ccccc1.[Ir]. The predicted octanol–water partition coefficient (Wildman–Crippen LogP) is 8.72. The molecule has 1 radical (unpaired) electrons. The molecule has 2 aliphatic heterocycles. The molecule has 0 N–H and O–H groups in total. The minimum atomic E-state index is 0. The summed E-state index contributed by atoms with van der Waals surface area (Å²) in [4.78, 5) is 9.25. The molecular weight excluding hydrogens is 792 g/mol. The summed E-state index contributed by atoms with van der Waals surface area (Å²) in [5, 5.41) is 0. The van der Waals surface area contributed by atoms with Gasteiger partial charge in [-0.3, -0.25) is 0 Å². The van der Waals surface area contributed by atoms with Crippen molar-refractivity contribution < 1.29 is 29.6 Å². The van der Waals surface area contributed by atoms with Gasteiger partial charge in [0.1, 0.15) is 11.5 Å². The Bertz CT molecular complexity index is 2330. The van der Waals surface area contributed by atoms with Crippen LogP contribution in [0.4, 0.5) is 0 Å². The zero-order chi connectivity index (χ0) is 33.5. The first-order chi connectivity index (χ1) is 23.9. The van der Waals surface area contributed by atoms with E-state index < -0.39 is 0 Å². The van der Waals surface area contributed by atoms with Gasteiger partial charge in [-0.15, -0.1) is 47.5 Å². The zero-order valence-electron chi connectivity index (χ0n) is 28.2. The van der Waals surface area contributed by atoms with Gasteiger partial charge in [-0.05, 0) is 71.9 Å². The summed E-state index contributed by atoms with van der Waals surface area (Å²) < 4.78 is 12.8. The molecule has 4 nitrogen and oxygen atoms in total. The van der Waals surface area contributed by atoms with E-state index in [1.54, 1.807) is 0 Å². The Morgan fingerprint density at radius 3 is 1.92 bits per heavy atom. The monoisotopic (exact) mass is 825 g/mol. The molecule has 0 atom stereocenters. The van der Waals surface area contributed by atoms with Gasteiger partial charge in [0.25, 0.3) is 0 Å². The topological polar surface area (TPSA) is 44.2 Å². The van der Waals surface area contributed by atoms with Crippen molar-refractivity contribution >= 4 is 23.1 Å². The molecule has 7 aromatic rings. The van der Waals surface area contributed by atoms with Crippen LogP contribution in [0.2, 0.25) is 0 Å². The second-order valence-electron chi connectivity index (χ2n) is 12.7. The van der Waals surface area contributed by atoms with Gasteiger partial charge >= 0.3 is 0 Å². The number of ether oxygens (including phenoxy) is 2. The number of benzene rings is 5. The molecule has 2 aliphatic rings. The molecule has 0 amide bonds. The molecule has 4 heterocycles. The smallest absolute Gasteiger partial charge is 0.239 e. The van der Waals surface area contributed by atoms with Crippen molar-refractivity contribution in [3.63, 3.8) is 0 Å². The van der Waals surface area contributed by atoms with Gasteiger partial charge in [0.15, 0.2) is 0 Å². The van der Waals surface area contributed by atoms with E-state index in [-0.39, 0.29) is 26.8 Å². The molecule has 0 unspecified atom stereocenters. The summed E-state index contributed by atoms with van der Waals surface area (Å²) >= 11 is 0. The fraction of sp³-hybridized carbons (Fsp3) is 0.0909. The summed E-state index contributed by atoms with van der Waals surface area (Å²) in [6, 6.07) is 45.8. The first-order valence-corrected chi connectivity index (χ1v) is 16.5. The molecule has 2 aromatic heterocycles. The number of para-hydroxylation sites is 2. The van der Waals surface area contributed by atoms with Crippen molar-refractivity contribution in [1.29, 1.82) is 0 Å². The van der Waals surface area contributed by atoms with Crippen LogP contribution in [0.25, 0.3) is 33.6 Å². The predicted molar refractivity (Wildman–Crippen MR) is 199 cm³/mol. The Kier molecular flexibility index (Phi) is 9.24. The second-order valence-corrected chi connectivity index (χ2v) is 12.7. The van der Waals surface area contributed by atoms with E-state index in [0.29, 0.717) is 0 Å². The first-order valence-electron chi connectivity index (χ1n) is 16.5. The molecular formula is C44H33BIrN2O2-2. The zero-order valence-corrected chi connectivity index (χ0v) is 30.6. The third-order valence-electron chi connectivity index (χ3n) is 9.33. The average molecular weight is 825 g/mol. The van der Waals surface area contributed by atoms with Crippen molar-refractivity contribution in [2.75, 3.05) is 0 Å². The Labute approximate surface area is 307 Å². The van der Waals surface area contributed by atoms with E-state index in [2.05, 4.69) is 105 Å². The van der Waals surface area contributed by atoms with E-state index in [4.69, 9.17) is 14.5 Å². The number of aromatic nitrogens is 2. The standard InChI is InChI=1S/C30H19BNO2.C14H14N.Ir/c1-19-17-25(32-18-22(19)20-9-3-2-4-10-20)21-15-16-28-29-30(21)34-27-14-8-6-12-24(27)31(29)23-11-5-7-13-26(23)33-28;1-10-4-6-13(7-5-10)14-8-11(2)12(3)9-15-14;/h2-14,16-18H,1H3;4-6,8-9H,1-3H3;/q2*-1;. The van der Waals surface area contributed by atoms with Crippen LogP contribution in [0.1, 0.15) is 22.3 Å². The molecule has 50 heavy (non-hydrogen) atoms. The fourth-order valence-corrected chi connectivity index (χ4v) is 6.56. The fourth-order valence-electron chi connectivity index (χ4n) is 6.56. The molecule has 0 bridgehead atoms. The quantitative estimate of drug-likeness (QED) is 0.132. The normalized spacial score (nSPS) is 11.7. The van der Waals surface area contributed by atoms with Crippen LogP contribution in [0.3, 0.4) is 0 Å². The number of hydrogen-bond donors (Lipinski definition) is 0. The number of fused-ring (bicyclic) bond motifs is 4. The largest absolute Gasteiger partial charge is 0.503 e. The van der Waals surface area contributed by atoms with Crippen LogP contribution in [0.15, 0.2) is 128 Å². The third-order valence-corrected chi connectivity index (χ3v) is 9.33. The van der Waals surface area contributed by atoms with Gasteiger partial charge in [-0.2, -0.15) is 0 Å². The Balaban J connectivity index is 0.000000207. The van der Waals surface area contributed by atoms with Gasteiger partial charge < -0.3 is 19.4 Å². The maximum absolute atomic E-state index is 6.53. The maximum atomic E-state index is 6.53. The van der Waals surface area contributed by atoms with Crippen molar-refractivity contribution in [2.24, 2.45) is 0 Å². The van der Waals surface area contributed by atoms with Crippen LogP contribution < -0.4 is 25.9 Å². The third kappa shape index (κ3) is 6.17. The number of rotatable bonds is 3. The summed E-state index contributed by atoms with van der Waals surface area (Å²) in [5.41, 5.74) is 14.2. The van der Waals surface area contributed by atoms with E-state index in [9.17, 15) is 0 Å².